The molecule has 0 amide bonds. The molecule has 16 heavy (non-hydrogen) atoms. The number of aromatic hydroxyl groups is 2. The second-order valence-electron chi connectivity index (χ2n) is 3.39. The van der Waals surface area contributed by atoms with Gasteiger partial charge in [0, 0.05) is 0 Å². The van der Waals surface area contributed by atoms with Gasteiger partial charge in [-0.1, -0.05) is 6.07 Å². The molecule has 0 aromatic heterocycles. The number of phenols is 2. The lowest BCUT2D eigenvalue weighted by atomic mass is 10.1. The SMILES string of the molecule is CN[C@H](Cc1ccc(O)c(O)c1)C(=O)OC. The Hall–Kier alpha value is -1.75. The standard InChI is InChI=1S/C11H15NO4/c1-12-8(11(15)16-2)5-7-3-4-9(13)10(14)6-7/h3-4,6,8,12-14H,5H2,1-2H3/t8-/m1/s1. The quantitative estimate of drug-likeness (QED) is 0.510. The molecule has 1 atom stereocenters. The van der Waals surface area contributed by atoms with Crippen molar-refractivity contribution in [2.75, 3.05) is 14.2 Å². The molecule has 0 bridgehead atoms. The average Bonchev–Trinajstić information content (AvgIpc) is 2.29. The zero-order chi connectivity index (χ0) is 12.1. The Morgan fingerprint density at radius 3 is 2.62 bits per heavy atom. The zero-order valence-electron chi connectivity index (χ0n) is 9.23. The van der Waals surface area contributed by atoms with Gasteiger partial charge in [-0.3, -0.25) is 4.79 Å². The van der Waals surface area contributed by atoms with Gasteiger partial charge in [-0.2, -0.15) is 0 Å². The normalized spacial score (nSPS) is 12.1. The van der Waals surface area contributed by atoms with Crippen LogP contribution in [0.3, 0.4) is 0 Å². The summed E-state index contributed by atoms with van der Waals surface area (Å²) in [6.45, 7) is 0. The van der Waals surface area contributed by atoms with Gasteiger partial charge in [0.25, 0.3) is 0 Å². The van der Waals surface area contributed by atoms with Crippen molar-refractivity contribution in [1.82, 2.24) is 5.32 Å². The van der Waals surface area contributed by atoms with Crippen LogP contribution in [-0.4, -0.2) is 36.4 Å². The highest BCUT2D eigenvalue weighted by Crippen LogP contribution is 2.25. The van der Waals surface area contributed by atoms with Crippen molar-refractivity contribution in [3.05, 3.63) is 23.8 Å². The molecule has 5 heteroatoms. The smallest absolute Gasteiger partial charge is 0.323 e. The predicted octanol–water partition coefficient (Wildman–Crippen LogP) is 0.401. The molecular formula is C11H15NO4. The van der Waals surface area contributed by atoms with Crippen LogP contribution in [0.25, 0.3) is 0 Å². The third kappa shape index (κ3) is 2.87. The molecule has 88 valence electrons. The average molecular weight is 225 g/mol. The van der Waals surface area contributed by atoms with E-state index < -0.39 is 6.04 Å². The topological polar surface area (TPSA) is 78.8 Å². The minimum Gasteiger partial charge on any atom is -0.504 e. The second kappa shape index (κ2) is 5.37. The van der Waals surface area contributed by atoms with E-state index in [9.17, 15) is 9.90 Å². The van der Waals surface area contributed by atoms with E-state index in [4.69, 9.17) is 5.11 Å². The molecule has 1 rings (SSSR count). The van der Waals surface area contributed by atoms with Gasteiger partial charge in [-0.25, -0.2) is 0 Å². The van der Waals surface area contributed by atoms with Crippen LogP contribution in [0.4, 0.5) is 0 Å². The first-order chi connectivity index (χ1) is 7.58. The lowest BCUT2D eigenvalue weighted by molar-refractivity contribution is -0.142. The summed E-state index contributed by atoms with van der Waals surface area (Å²) in [4.78, 5) is 11.3. The third-order valence-electron chi connectivity index (χ3n) is 2.31. The zero-order valence-corrected chi connectivity index (χ0v) is 9.23. The number of hydrogen-bond acceptors (Lipinski definition) is 5. The van der Waals surface area contributed by atoms with Crippen LogP contribution in [0.5, 0.6) is 11.5 Å². The van der Waals surface area contributed by atoms with Gasteiger partial charge < -0.3 is 20.3 Å². The maximum atomic E-state index is 11.3. The van der Waals surface area contributed by atoms with Crippen LogP contribution < -0.4 is 5.32 Å². The summed E-state index contributed by atoms with van der Waals surface area (Å²) in [5.74, 6) is -0.741. The Labute approximate surface area is 93.7 Å². The fraction of sp³-hybridized carbons (Fsp3) is 0.364. The van der Waals surface area contributed by atoms with E-state index >= 15 is 0 Å². The monoisotopic (exact) mass is 225 g/mol. The van der Waals surface area contributed by atoms with Crippen molar-refractivity contribution in [2.45, 2.75) is 12.5 Å². The summed E-state index contributed by atoms with van der Waals surface area (Å²) in [6, 6.07) is 3.98. The number of likely N-dealkylation sites (N-methyl/N-ethyl adjacent to an activating group) is 1. The number of rotatable bonds is 4. The first kappa shape index (κ1) is 12.3. The molecule has 0 saturated heterocycles. The number of carbonyl (C=O) groups is 1. The maximum Gasteiger partial charge on any atom is 0.323 e. The molecule has 0 spiro atoms. The molecule has 1 aromatic rings. The number of nitrogens with one attached hydrogen (secondary N) is 1. The van der Waals surface area contributed by atoms with Crippen molar-refractivity contribution >= 4 is 5.97 Å². The van der Waals surface area contributed by atoms with E-state index in [1.54, 1.807) is 13.1 Å². The lowest BCUT2D eigenvalue weighted by Gasteiger charge is -2.13. The maximum absolute atomic E-state index is 11.3. The Balaban J connectivity index is 2.78. The van der Waals surface area contributed by atoms with Crippen molar-refractivity contribution < 1.29 is 19.7 Å². The first-order valence-electron chi connectivity index (χ1n) is 4.84. The van der Waals surface area contributed by atoms with Crippen LogP contribution in [0.1, 0.15) is 5.56 Å². The van der Waals surface area contributed by atoms with Gasteiger partial charge >= 0.3 is 5.97 Å². The molecule has 0 radical (unpaired) electrons. The molecule has 0 heterocycles. The molecule has 0 aliphatic carbocycles. The highest BCUT2D eigenvalue weighted by atomic mass is 16.5. The molecular weight excluding hydrogens is 210 g/mol. The van der Waals surface area contributed by atoms with Gasteiger partial charge in [0.1, 0.15) is 6.04 Å². The molecule has 0 aliphatic heterocycles. The van der Waals surface area contributed by atoms with E-state index in [1.165, 1.54) is 19.2 Å². The third-order valence-corrected chi connectivity index (χ3v) is 2.31. The van der Waals surface area contributed by atoms with Crippen LogP contribution in [0.15, 0.2) is 18.2 Å². The van der Waals surface area contributed by atoms with E-state index in [0.29, 0.717) is 6.42 Å². The van der Waals surface area contributed by atoms with Crippen molar-refractivity contribution in [3.63, 3.8) is 0 Å². The molecule has 0 saturated carbocycles. The van der Waals surface area contributed by atoms with Crippen molar-refractivity contribution in [2.24, 2.45) is 0 Å². The highest BCUT2D eigenvalue weighted by Gasteiger charge is 2.17. The Morgan fingerprint density at radius 2 is 2.12 bits per heavy atom. The van der Waals surface area contributed by atoms with Gasteiger partial charge in [-0.15, -0.1) is 0 Å². The van der Waals surface area contributed by atoms with Crippen molar-refractivity contribution in [3.8, 4) is 11.5 Å². The largest absolute Gasteiger partial charge is 0.504 e. The van der Waals surface area contributed by atoms with Gasteiger partial charge in [0.05, 0.1) is 7.11 Å². The number of methoxy groups -OCH3 is 1. The van der Waals surface area contributed by atoms with Crippen LogP contribution in [0, 0.1) is 0 Å². The van der Waals surface area contributed by atoms with Crippen LogP contribution in [-0.2, 0) is 16.0 Å². The van der Waals surface area contributed by atoms with Crippen LogP contribution in [0.2, 0.25) is 0 Å². The summed E-state index contributed by atoms with van der Waals surface area (Å²) in [6.07, 6.45) is 0.386. The highest BCUT2D eigenvalue weighted by molar-refractivity contribution is 5.76. The van der Waals surface area contributed by atoms with Crippen molar-refractivity contribution in [1.29, 1.82) is 0 Å². The molecule has 0 aliphatic rings. The summed E-state index contributed by atoms with van der Waals surface area (Å²) >= 11 is 0. The molecule has 1 aromatic carbocycles. The lowest BCUT2D eigenvalue weighted by Crippen LogP contribution is -2.36. The minimum absolute atomic E-state index is 0.178. The molecule has 3 N–H and O–H groups in total. The van der Waals surface area contributed by atoms with E-state index in [1.807, 2.05) is 0 Å². The first-order valence-corrected chi connectivity index (χ1v) is 4.84. The Morgan fingerprint density at radius 1 is 1.44 bits per heavy atom. The van der Waals surface area contributed by atoms with E-state index in [2.05, 4.69) is 10.1 Å². The number of hydrogen-bond donors (Lipinski definition) is 3. The van der Waals surface area contributed by atoms with Gasteiger partial charge in [0.15, 0.2) is 11.5 Å². The number of ether oxygens (including phenoxy) is 1. The van der Waals surface area contributed by atoms with Crippen LogP contribution >= 0.6 is 0 Å². The fourth-order valence-corrected chi connectivity index (χ4v) is 1.38. The number of esters is 1. The number of phenolic OH excluding ortho intramolecular Hbond substituents is 2. The Bertz CT molecular complexity index is 378. The minimum atomic E-state index is -0.464. The van der Waals surface area contributed by atoms with Gasteiger partial charge in [0.2, 0.25) is 0 Å². The summed E-state index contributed by atoms with van der Waals surface area (Å²) < 4.78 is 4.62. The molecule has 5 nitrogen and oxygen atoms in total. The second-order valence-corrected chi connectivity index (χ2v) is 3.39. The summed E-state index contributed by atoms with van der Waals surface area (Å²) in [7, 11) is 2.98. The summed E-state index contributed by atoms with van der Waals surface area (Å²) in [5.41, 5.74) is 0.736. The predicted molar refractivity (Wildman–Crippen MR) is 58.3 cm³/mol. The van der Waals surface area contributed by atoms with E-state index in [-0.39, 0.29) is 17.5 Å². The molecule has 0 unspecified atom stereocenters. The fourth-order valence-electron chi connectivity index (χ4n) is 1.38. The Kier molecular flexibility index (Phi) is 4.13. The van der Waals surface area contributed by atoms with E-state index in [0.717, 1.165) is 5.56 Å². The molecule has 0 fully saturated rings. The van der Waals surface area contributed by atoms with Gasteiger partial charge in [-0.05, 0) is 31.2 Å². The number of carbonyl (C=O) groups excluding carboxylic acids is 1. The summed E-state index contributed by atoms with van der Waals surface area (Å²) in [5, 5.41) is 21.2. The number of benzene rings is 1.